The molecular weight excluding hydrogens is 387 g/mol. The van der Waals surface area contributed by atoms with Crippen LogP contribution in [0.1, 0.15) is 49.3 Å². The quantitative estimate of drug-likeness (QED) is 0.605. The highest BCUT2D eigenvalue weighted by molar-refractivity contribution is 6.30. The van der Waals surface area contributed by atoms with Crippen molar-refractivity contribution in [3.05, 3.63) is 70.2 Å². The summed E-state index contributed by atoms with van der Waals surface area (Å²) in [7, 11) is 0. The van der Waals surface area contributed by atoms with E-state index in [2.05, 4.69) is 0 Å². The Bertz CT molecular complexity index is 838. The Labute approximate surface area is 168 Å². The summed E-state index contributed by atoms with van der Waals surface area (Å²) in [5.74, 6) is -0.210. The van der Waals surface area contributed by atoms with Gasteiger partial charge in [-0.2, -0.15) is 13.2 Å². The van der Waals surface area contributed by atoms with Crippen molar-refractivity contribution >= 4 is 17.5 Å². The van der Waals surface area contributed by atoms with Crippen LogP contribution in [0.15, 0.2) is 48.5 Å². The van der Waals surface area contributed by atoms with Gasteiger partial charge in [-0.05, 0) is 61.9 Å². The Morgan fingerprint density at radius 3 is 2.14 bits per heavy atom. The number of likely N-dealkylation sites (tertiary alicyclic amines) is 1. The fraction of sp³-hybridized carbons (Fsp3) is 0.409. The molecule has 1 amide bonds. The normalized spacial score (nSPS) is 16.3. The maximum Gasteiger partial charge on any atom is 0.416 e. The fourth-order valence-corrected chi connectivity index (χ4v) is 4.02. The number of hydrogen-bond donors (Lipinski definition) is 0. The number of amides is 1. The third-order valence-electron chi connectivity index (χ3n) is 5.59. The zero-order valence-electron chi connectivity index (χ0n) is 15.9. The molecule has 0 bridgehead atoms. The molecule has 0 aromatic heterocycles. The number of rotatable bonds is 3. The first kappa shape index (κ1) is 20.7. The Hall–Kier alpha value is -2.01. The molecule has 0 N–H and O–H groups in total. The SMILES string of the molecule is CC(C)(C(=O)N1CCC(c2ccccc2C(F)(F)F)CC1)c1ccc(Cl)cc1. The van der Waals surface area contributed by atoms with Gasteiger partial charge in [0.05, 0.1) is 11.0 Å². The Kier molecular flexibility index (Phi) is 5.76. The summed E-state index contributed by atoms with van der Waals surface area (Å²) < 4.78 is 39.9. The molecule has 0 aliphatic carbocycles. The molecule has 6 heteroatoms. The first-order valence-electron chi connectivity index (χ1n) is 9.32. The smallest absolute Gasteiger partial charge is 0.342 e. The third-order valence-corrected chi connectivity index (χ3v) is 5.84. The Morgan fingerprint density at radius 1 is 1.00 bits per heavy atom. The van der Waals surface area contributed by atoms with Gasteiger partial charge in [-0.3, -0.25) is 4.79 Å². The van der Waals surface area contributed by atoms with Crippen LogP contribution in [0, 0.1) is 0 Å². The average molecular weight is 410 g/mol. The predicted molar refractivity (Wildman–Crippen MR) is 104 cm³/mol. The van der Waals surface area contributed by atoms with Gasteiger partial charge in [-0.25, -0.2) is 0 Å². The third kappa shape index (κ3) is 4.19. The lowest BCUT2D eigenvalue weighted by molar-refractivity contribution is -0.140. The summed E-state index contributed by atoms with van der Waals surface area (Å²) in [5, 5.41) is 0.608. The summed E-state index contributed by atoms with van der Waals surface area (Å²) in [6.07, 6.45) is -3.31. The molecule has 2 aromatic rings. The Morgan fingerprint density at radius 2 is 1.57 bits per heavy atom. The van der Waals surface area contributed by atoms with Crippen molar-refractivity contribution in [2.75, 3.05) is 13.1 Å². The fourth-order valence-electron chi connectivity index (χ4n) is 3.89. The second-order valence-electron chi connectivity index (χ2n) is 7.78. The lowest BCUT2D eigenvalue weighted by Gasteiger charge is -2.38. The predicted octanol–water partition coefficient (Wildman–Crippen LogP) is 6.04. The largest absolute Gasteiger partial charge is 0.416 e. The minimum absolute atomic E-state index is 0.0163. The molecule has 2 aromatic carbocycles. The maximum absolute atomic E-state index is 13.3. The lowest BCUT2D eigenvalue weighted by atomic mass is 9.81. The zero-order valence-corrected chi connectivity index (χ0v) is 16.6. The van der Waals surface area contributed by atoms with Gasteiger partial charge >= 0.3 is 6.18 Å². The van der Waals surface area contributed by atoms with E-state index in [1.54, 1.807) is 29.2 Å². The molecule has 0 spiro atoms. The van der Waals surface area contributed by atoms with E-state index < -0.39 is 17.2 Å². The minimum atomic E-state index is -4.36. The number of hydrogen-bond acceptors (Lipinski definition) is 1. The molecule has 3 rings (SSSR count). The highest BCUT2D eigenvalue weighted by atomic mass is 35.5. The standard InChI is InChI=1S/C22H23ClF3NO/c1-21(2,16-7-9-17(23)10-8-16)20(28)27-13-11-15(12-14-27)18-5-3-4-6-19(18)22(24,25)26/h3-10,15H,11-14H2,1-2H3. The van der Waals surface area contributed by atoms with Gasteiger partial charge in [0.2, 0.25) is 5.91 Å². The molecule has 28 heavy (non-hydrogen) atoms. The van der Waals surface area contributed by atoms with Gasteiger partial charge in [0.25, 0.3) is 0 Å². The van der Waals surface area contributed by atoms with Crippen molar-refractivity contribution < 1.29 is 18.0 Å². The number of halogens is 4. The second-order valence-corrected chi connectivity index (χ2v) is 8.22. The van der Waals surface area contributed by atoms with Crippen LogP contribution in [-0.4, -0.2) is 23.9 Å². The molecule has 1 aliphatic rings. The molecular formula is C22H23ClF3NO. The van der Waals surface area contributed by atoms with Gasteiger partial charge in [0.1, 0.15) is 0 Å². The number of carbonyl (C=O) groups is 1. The van der Waals surface area contributed by atoms with Crippen molar-refractivity contribution in [1.82, 2.24) is 4.90 Å². The van der Waals surface area contributed by atoms with E-state index >= 15 is 0 Å². The zero-order chi connectivity index (χ0) is 20.5. The van der Waals surface area contributed by atoms with E-state index in [1.165, 1.54) is 6.07 Å². The van der Waals surface area contributed by atoms with Crippen molar-refractivity contribution in [3.63, 3.8) is 0 Å². The molecule has 1 fully saturated rings. The van der Waals surface area contributed by atoms with Gasteiger partial charge in [-0.1, -0.05) is 41.9 Å². The van der Waals surface area contributed by atoms with Gasteiger partial charge in [0, 0.05) is 18.1 Å². The van der Waals surface area contributed by atoms with Crippen molar-refractivity contribution in [2.45, 2.75) is 44.2 Å². The van der Waals surface area contributed by atoms with E-state index in [0.29, 0.717) is 36.5 Å². The van der Waals surface area contributed by atoms with Gasteiger partial charge < -0.3 is 4.90 Å². The van der Waals surface area contributed by atoms with Crippen LogP contribution in [-0.2, 0) is 16.4 Å². The summed E-state index contributed by atoms with van der Waals surface area (Å²) in [5.41, 5.74) is -0.0897. The molecule has 1 aliphatic heterocycles. The van der Waals surface area contributed by atoms with Crippen molar-refractivity contribution in [1.29, 1.82) is 0 Å². The van der Waals surface area contributed by atoms with E-state index in [1.807, 2.05) is 26.0 Å². The second kappa shape index (κ2) is 7.78. The molecule has 0 radical (unpaired) electrons. The number of alkyl halides is 3. The van der Waals surface area contributed by atoms with Crippen LogP contribution in [0.2, 0.25) is 5.02 Å². The molecule has 0 saturated carbocycles. The van der Waals surface area contributed by atoms with Crippen LogP contribution >= 0.6 is 11.6 Å². The minimum Gasteiger partial charge on any atom is -0.342 e. The van der Waals surface area contributed by atoms with E-state index in [-0.39, 0.29) is 11.8 Å². The number of piperidine rings is 1. The first-order valence-corrected chi connectivity index (χ1v) is 9.70. The highest BCUT2D eigenvalue weighted by Crippen LogP contribution is 2.39. The number of nitrogens with zero attached hydrogens (tertiary/aromatic N) is 1. The van der Waals surface area contributed by atoms with Crippen LogP contribution in [0.4, 0.5) is 13.2 Å². The van der Waals surface area contributed by atoms with Crippen LogP contribution in [0.3, 0.4) is 0 Å². The number of carbonyl (C=O) groups excluding carboxylic acids is 1. The van der Waals surface area contributed by atoms with Gasteiger partial charge in [-0.15, -0.1) is 0 Å². The van der Waals surface area contributed by atoms with Gasteiger partial charge in [0.15, 0.2) is 0 Å². The number of benzene rings is 2. The topological polar surface area (TPSA) is 20.3 Å². The molecule has 0 atom stereocenters. The molecule has 1 saturated heterocycles. The Balaban J connectivity index is 1.72. The highest BCUT2D eigenvalue weighted by Gasteiger charge is 2.38. The average Bonchev–Trinajstić information content (AvgIpc) is 2.67. The monoisotopic (exact) mass is 409 g/mol. The van der Waals surface area contributed by atoms with Crippen LogP contribution < -0.4 is 0 Å². The van der Waals surface area contributed by atoms with E-state index in [4.69, 9.17) is 11.6 Å². The molecule has 150 valence electrons. The molecule has 0 unspecified atom stereocenters. The summed E-state index contributed by atoms with van der Waals surface area (Å²) in [6.45, 7) is 4.63. The summed E-state index contributed by atoms with van der Waals surface area (Å²) >= 11 is 5.93. The van der Waals surface area contributed by atoms with Crippen molar-refractivity contribution in [2.24, 2.45) is 0 Å². The first-order chi connectivity index (χ1) is 13.1. The van der Waals surface area contributed by atoms with E-state index in [9.17, 15) is 18.0 Å². The summed E-state index contributed by atoms with van der Waals surface area (Å²) in [4.78, 5) is 14.9. The maximum atomic E-state index is 13.3. The van der Waals surface area contributed by atoms with E-state index in [0.717, 1.165) is 11.6 Å². The summed E-state index contributed by atoms with van der Waals surface area (Å²) in [6, 6.07) is 12.9. The molecule has 1 heterocycles. The van der Waals surface area contributed by atoms with Crippen LogP contribution in [0.25, 0.3) is 0 Å². The van der Waals surface area contributed by atoms with Crippen LogP contribution in [0.5, 0.6) is 0 Å². The molecule has 2 nitrogen and oxygen atoms in total. The lowest BCUT2D eigenvalue weighted by Crippen LogP contribution is -2.46. The van der Waals surface area contributed by atoms with Crippen molar-refractivity contribution in [3.8, 4) is 0 Å².